The normalized spacial score (nSPS) is 48.0. The van der Waals surface area contributed by atoms with Crippen LogP contribution in [-0.2, 0) is 4.74 Å². The maximum absolute atomic E-state index is 12.8. The van der Waals surface area contributed by atoms with Gasteiger partial charge in [-0.1, -0.05) is 0 Å². The first-order chi connectivity index (χ1) is 4.66. The van der Waals surface area contributed by atoms with E-state index in [4.69, 9.17) is 15.6 Å². The van der Waals surface area contributed by atoms with Gasteiger partial charge in [0.2, 0.25) is 0 Å². The fraction of sp³-hybridized carbons (Fsp3) is 1.00. The summed E-state index contributed by atoms with van der Waals surface area (Å²) in [6.07, 6.45) is -2.22. The molecule has 0 saturated carbocycles. The molecule has 2 unspecified atom stereocenters. The van der Waals surface area contributed by atoms with E-state index in [1.807, 2.05) is 0 Å². The Labute approximate surface area is 59.0 Å². The molecule has 1 fully saturated rings. The predicted octanol–water partition coefficient (Wildman–Crippen LogP) is -0.569. The highest BCUT2D eigenvalue weighted by Crippen LogP contribution is 2.21. The Kier molecular flexibility index (Phi) is 2.23. The van der Waals surface area contributed by atoms with Crippen molar-refractivity contribution in [3.05, 3.63) is 0 Å². The fourth-order valence-electron chi connectivity index (χ4n) is 1.09. The van der Waals surface area contributed by atoms with E-state index in [0.29, 0.717) is 0 Å². The third-order valence-electron chi connectivity index (χ3n) is 1.83. The molecule has 0 spiro atoms. The van der Waals surface area contributed by atoms with Gasteiger partial charge in [-0.15, -0.1) is 0 Å². The van der Waals surface area contributed by atoms with Gasteiger partial charge >= 0.3 is 0 Å². The molecule has 0 amide bonds. The lowest BCUT2D eigenvalue weighted by molar-refractivity contribution is 0.000571. The molecule has 4 atom stereocenters. The highest BCUT2D eigenvalue weighted by Gasteiger charge is 2.39. The third-order valence-corrected chi connectivity index (χ3v) is 1.83. The topological polar surface area (TPSA) is 55.5 Å². The SMILES string of the molecule is CC1O[C@H](CO)[C@H](F)C1N. The van der Waals surface area contributed by atoms with E-state index in [1.54, 1.807) is 6.92 Å². The van der Waals surface area contributed by atoms with Gasteiger partial charge in [-0.05, 0) is 6.92 Å². The minimum Gasteiger partial charge on any atom is -0.394 e. The van der Waals surface area contributed by atoms with Gasteiger partial charge in [-0.25, -0.2) is 4.39 Å². The zero-order valence-corrected chi connectivity index (χ0v) is 5.83. The van der Waals surface area contributed by atoms with E-state index in [1.165, 1.54) is 0 Å². The van der Waals surface area contributed by atoms with Crippen LogP contribution >= 0.6 is 0 Å². The molecule has 0 aromatic rings. The van der Waals surface area contributed by atoms with E-state index in [-0.39, 0.29) is 12.7 Å². The number of halogens is 1. The van der Waals surface area contributed by atoms with Crippen LogP contribution in [-0.4, -0.2) is 36.1 Å². The first-order valence-corrected chi connectivity index (χ1v) is 3.32. The molecule has 60 valence electrons. The summed E-state index contributed by atoms with van der Waals surface area (Å²) in [5.74, 6) is 0. The van der Waals surface area contributed by atoms with Gasteiger partial charge in [0.05, 0.1) is 18.8 Å². The second-order valence-corrected chi connectivity index (χ2v) is 2.58. The molecular formula is C6H12FNO2. The number of rotatable bonds is 1. The van der Waals surface area contributed by atoms with Gasteiger partial charge in [0.25, 0.3) is 0 Å². The summed E-state index contributed by atoms with van der Waals surface area (Å²) in [7, 11) is 0. The van der Waals surface area contributed by atoms with Crippen molar-refractivity contribution in [2.45, 2.75) is 31.3 Å². The number of nitrogens with two attached hydrogens (primary N) is 1. The molecule has 0 aromatic carbocycles. The number of ether oxygens (including phenoxy) is 1. The highest BCUT2D eigenvalue weighted by molar-refractivity contribution is 4.91. The summed E-state index contributed by atoms with van der Waals surface area (Å²) in [4.78, 5) is 0. The molecule has 1 saturated heterocycles. The molecule has 1 rings (SSSR count). The Morgan fingerprint density at radius 3 is 2.50 bits per heavy atom. The van der Waals surface area contributed by atoms with E-state index in [9.17, 15) is 4.39 Å². The Bertz CT molecular complexity index is 122. The first-order valence-electron chi connectivity index (χ1n) is 3.32. The third kappa shape index (κ3) is 1.14. The Hall–Kier alpha value is -0.190. The largest absolute Gasteiger partial charge is 0.394 e. The van der Waals surface area contributed by atoms with E-state index < -0.39 is 18.3 Å². The zero-order valence-electron chi connectivity index (χ0n) is 5.83. The monoisotopic (exact) mass is 149 g/mol. The minimum atomic E-state index is -1.22. The van der Waals surface area contributed by atoms with Crippen molar-refractivity contribution in [1.82, 2.24) is 0 Å². The van der Waals surface area contributed by atoms with Crippen molar-refractivity contribution in [3.8, 4) is 0 Å². The molecule has 1 aliphatic rings. The van der Waals surface area contributed by atoms with Crippen molar-refractivity contribution in [3.63, 3.8) is 0 Å². The van der Waals surface area contributed by atoms with Gasteiger partial charge in [0, 0.05) is 0 Å². The van der Waals surface area contributed by atoms with Crippen LogP contribution in [0.2, 0.25) is 0 Å². The van der Waals surface area contributed by atoms with Gasteiger partial charge in [0.15, 0.2) is 0 Å². The minimum absolute atomic E-state index is 0.285. The average Bonchev–Trinajstić information content (AvgIpc) is 2.17. The molecule has 3 nitrogen and oxygen atoms in total. The molecule has 1 aliphatic heterocycles. The molecule has 0 aromatic heterocycles. The first kappa shape index (κ1) is 7.91. The van der Waals surface area contributed by atoms with Gasteiger partial charge in [0.1, 0.15) is 12.3 Å². The number of hydrogen-bond donors (Lipinski definition) is 2. The van der Waals surface area contributed by atoms with Crippen LogP contribution in [0.15, 0.2) is 0 Å². The summed E-state index contributed by atoms with van der Waals surface area (Å²) >= 11 is 0. The Morgan fingerprint density at radius 2 is 2.30 bits per heavy atom. The molecular weight excluding hydrogens is 137 g/mol. The van der Waals surface area contributed by atoms with Crippen molar-refractivity contribution in [1.29, 1.82) is 0 Å². The lowest BCUT2D eigenvalue weighted by atomic mass is 10.1. The summed E-state index contributed by atoms with van der Waals surface area (Å²) in [5, 5.41) is 8.55. The number of alkyl halides is 1. The molecule has 1 heterocycles. The molecule has 0 aliphatic carbocycles. The maximum Gasteiger partial charge on any atom is 0.146 e. The molecule has 4 heteroatoms. The van der Waals surface area contributed by atoms with Crippen LogP contribution in [0.3, 0.4) is 0 Å². The quantitative estimate of drug-likeness (QED) is 0.525. The fourth-order valence-corrected chi connectivity index (χ4v) is 1.09. The van der Waals surface area contributed by atoms with Crippen LogP contribution in [0.1, 0.15) is 6.92 Å². The van der Waals surface area contributed by atoms with Crippen LogP contribution < -0.4 is 5.73 Å². The number of hydrogen-bond acceptors (Lipinski definition) is 3. The second kappa shape index (κ2) is 2.82. The van der Waals surface area contributed by atoms with Gasteiger partial charge in [-0.2, -0.15) is 0 Å². The van der Waals surface area contributed by atoms with Crippen LogP contribution in [0, 0.1) is 0 Å². The molecule has 3 N–H and O–H groups in total. The average molecular weight is 149 g/mol. The van der Waals surface area contributed by atoms with E-state index in [2.05, 4.69) is 0 Å². The Morgan fingerprint density at radius 1 is 1.70 bits per heavy atom. The van der Waals surface area contributed by atoms with Gasteiger partial charge in [-0.3, -0.25) is 0 Å². The standard InChI is InChI=1S/C6H12FNO2/c1-3-6(8)5(7)4(2-9)10-3/h3-6,9H,2,8H2,1H3/t3?,4-,5+,6?/m1/s1. The van der Waals surface area contributed by atoms with Crippen molar-refractivity contribution in [2.75, 3.05) is 6.61 Å². The maximum atomic E-state index is 12.8. The molecule has 10 heavy (non-hydrogen) atoms. The zero-order chi connectivity index (χ0) is 7.72. The smallest absolute Gasteiger partial charge is 0.146 e. The van der Waals surface area contributed by atoms with Crippen molar-refractivity contribution < 1.29 is 14.2 Å². The molecule has 0 bridgehead atoms. The summed E-state index contributed by atoms with van der Waals surface area (Å²) in [5.41, 5.74) is 5.38. The highest BCUT2D eigenvalue weighted by atomic mass is 19.1. The number of aliphatic hydroxyl groups is 1. The predicted molar refractivity (Wildman–Crippen MR) is 34.3 cm³/mol. The second-order valence-electron chi connectivity index (χ2n) is 2.58. The lowest BCUT2D eigenvalue weighted by Crippen LogP contribution is -2.37. The van der Waals surface area contributed by atoms with Crippen LogP contribution in [0.4, 0.5) is 4.39 Å². The van der Waals surface area contributed by atoms with Crippen LogP contribution in [0.5, 0.6) is 0 Å². The summed E-state index contributed by atoms with van der Waals surface area (Å²) in [6.45, 7) is 1.41. The van der Waals surface area contributed by atoms with E-state index >= 15 is 0 Å². The van der Waals surface area contributed by atoms with Gasteiger partial charge < -0.3 is 15.6 Å². The van der Waals surface area contributed by atoms with Crippen molar-refractivity contribution in [2.24, 2.45) is 5.73 Å². The molecule has 0 radical (unpaired) electrons. The van der Waals surface area contributed by atoms with Crippen molar-refractivity contribution >= 4 is 0 Å². The van der Waals surface area contributed by atoms with E-state index in [0.717, 1.165) is 0 Å². The summed E-state index contributed by atoms with van der Waals surface area (Å²) < 4.78 is 17.8. The Balaban J connectivity index is 2.53. The van der Waals surface area contributed by atoms with Crippen LogP contribution in [0.25, 0.3) is 0 Å². The number of aliphatic hydroxyl groups excluding tert-OH is 1. The summed E-state index contributed by atoms with van der Waals surface area (Å²) in [6, 6.07) is -0.586. The lowest BCUT2D eigenvalue weighted by Gasteiger charge is -2.08.